The third kappa shape index (κ3) is 5.17. The quantitative estimate of drug-likeness (QED) is 0.181. The highest BCUT2D eigenvalue weighted by Gasteiger charge is 2.54. The number of hydrogen-bond acceptors (Lipinski definition) is 9. The van der Waals surface area contributed by atoms with E-state index in [1.165, 1.54) is 24.5 Å². The highest BCUT2D eigenvalue weighted by atomic mass is 32.2. The van der Waals surface area contributed by atoms with Crippen molar-refractivity contribution in [1.82, 2.24) is 20.5 Å². The number of hydrogen-bond donors (Lipinski definition) is 6. The van der Waals surface area contributed by atoms with Crippen LogP contribution in [0.15, 0.2) is 58.8 Å². The fourth-order valence-corrected chi connectivity index (χ4v) is 5.36. The van der Waals surface area contributed by atoms with Gasteiger partial charge in [-0.15, -0.1) is 11.8 Å². The number of nitrogens with two attached hydrogens (primary N) is 2. The standard InChI is InChI=1S/C23H22N6O8S/c24-12-3-1-2-10(6-12)15(27-18(31)13-7-26-5-4-14(13)30)19(32)28-16-20(33)29-17(22(34)35)11(8-37-23(25)36)9-38-21(16)29/h1-7,15-16,21H,8-9,24H2,(H2,25,36)(H,26,30)(H,27,31)(H,28,32)(H,34,35)/t15?,16?,21-/m0/s1. The summed E-state index contributed by atoms with van der Waals surface area (Å²) in [7, 11) is 0. The molecular weight excluding hydrogens is 520 g/mol. The minimum atomic E-state index is -1.41. The highest BCUT2D eigenvalue weighted by Crippen LogP contribution is 2.40. The average Bonchev–Trinajstić information content (AvgIpc) is 2.88. The SMILES string of the molecule is NC(=O)OCC1=C(C(=O)O)N2C(=O)C(NC(=O)C(NC(=O)c3c[nH]ccc3=O)c3cccc(N)c3)[C@@H]2SC1. The molecule has 3 heterocycles. The summed E-state index contributed by atoms with van der Waals surface area (Å²) >= 11 is 1.15. The lowest BCUT2D eigenvalue weighted by molar-refractivity contribution is -0.151. The molecule has 1 saturated heterocycles. The number of amides is 4. The second kappa shape index (κ2) is 10.7. The van der Waals surface area contributed by atoms with Gasteiger partial charge in [0, 0.05) is 35.5 Å². The summed E-state index contributed by atoms with van der Waals surface area (Å²) in [5.74, 6) is -3.63. The number of nitrogens with one attached hydrogen (secondary N) is 3. The van der Waals surface area contributed by atoms with E-state index in [-0.39, 0.29) is 22.6 Å². The van der Waals surface area contributed by atoms with Gasteiger partial charge in [-0.05, 0) is 17.7 Å². The maximum Gasteiger partial charge on any atom is 0.404 e. The van der Waals surface area contributed by atoms with Gasteiger partial charge in [-0.2, -0.15) is 0 Å². The Bertz CT molecular complexity index is 1420. The average molecular weight is 543 g/mol. The molecule has 0 aliphatic carbocycles. The molecule has 38 heavy (non-hydrogen) atoms. The van der Waals surface area contributed by atoms with Gasteiger partial charge in [0.1, 0.15) is 35.3 Å². The summed E-state index contributed by atoms with van der Waals surface area (Å²) in [6.45, 7) is -0.403. The molecule has 2 aliphatic rings. The second-order valence-electron chi connectivity index (χ2n) is 8.26. The Balaban J connectivity index is 1.56. The third-order valence-electron chi connectivity index (χ3n) is 5.79. The van der Waals surface area contributed by atoms with E-state index >= 15 is 0 Å². The van der Waals surface area contributed by atoms with Gasteiger partial charge in [-0.1, -0.05) is 12.1 Å². The van der Waals surface area contributed by atoms with Crippen molar-refractivity contribution in [2.24, 2.45) is 5.73 Å². The maximum atomic E-state index is 13.4. The number of fused-ring (bicyclic) bond motifs is 1. The maximum absolute atomic E-state index is 13.4. The van der Waals surface area contributed by atoms with Crippen LogP contribution in [0.5, 0.6) is 0 Å². The van der Waals surface area contributed by atoms with Crippen LogP contribution in [0.25, 0.3) is 0 Å². The van der Waals surface area contributed by atoms with Crippen LogP contribution in [-0.2, 0) is 19.1 Å². The van der Waals surface area contributed by atoms with Crippen LogP contribution in [0, 0.1) is 0 Å². The van der Waals surface area contributed by atoms with Gasteiger partial charge in [0.15, 0.2) is 5.43 Å². The number of pyridine rings is 1. The number of nitrogen functional groups attached to an aromatic ring is 1. The predicted molar refractivity (Wildman–Crippen MR) is 133 cm³/mol. The van der Waals surface area contributed by atoms with Gasteiger partial charge in [0.25, 0.3) is 11.8 Å². The molecule has 1 aromatic carbocycles. The Hall–Kier alpha value is -4.79. The van der Waals surface area contributed by atoms with Crippen molar-refractivity contribution in [1.29, 1.82) is 0 Å². The van der Waals surface area contributed by atoms with Gasteiger partial charge in [-0.25, -0.2) is 9.59 Å². The topological polar surface area (TPSA) is 227 Å². The van der Waals surface area contributed by atoms with Crippen LogP contribution >= 0.6 is 11.8 Å². The zero-order chi connectivity index (χ0) is 27.6. The number of β-lactam (4-membered cyclic amide) rings is 1. The summed E-state index contributed by atoms with van der Waals surface area (Å²) in [6.07, 6.45) is 1.45. The Kier molecular flexibility index (Phi) is 7.38. The summed E-state index contributed by atoms with van der Waals surface area (Å²) in [5, 5.41) is 14.0. The van der Waals surface area contributed by atoms with Gasteiger partial charge in [0.05, 0.1) is 0 Å². The largest absolute Gasteiger partial charge is 0.477 e. The molecule has 198 valence electrons. The van der Waals surface area contributed by atoms with E-state index in [0.29, 0.717) is 11.3 Å². The number of carboxylic acid groups (broad SMARTS) is 1. The van der Waals surface area contributed by atoms with Crippen LogP contribution in [-0.4, -0.2) is 68.5 Å². The number of aliphatic carboxylic acids is 1. The fourth-order valence-electron chi connectivity index (χ4n) is 4.03. The van der Waals surface area contributed by atoms with Crippen molar-refractivity contribution in [3.8, 4) is 0 Å². The fraction of sp³-hybridized carbons (Fsp3) is 0.217. The number of carbonyl (C=O) groups excluding carboxylic acids is 4. The van der Waals surface area contributed by atoms with E-state index in [1.54, 1.807) is 12.1 Å². The van der Waals surface area contributed by atoms with Gasteiger partial charge in [0.2, 0.25) is 5.91 Å². The number of thioether (sulfide) groups is 1. The van der Waals surface area contributed by atoms with Crippen LogP contribution in [0.1, 0.15) is 22.0 Å². The number of anilines is 1. The number of ether oxygens (including phenoxy) is 1. The molecule has 2 unspecified atom stereocenters. The van der Waals surface area contributed by atoms with Crippen molar-refractivity contribution in [3.63, 3.8) is 0 Å². The minimum absolute atomic E-state index is 0.0991. The zero-order valence-corrected chi connectivity index (χ0v) is 20.3. The van der Waals surface area contributed by atoms with E-state index in [2.05, 4.69) is 20.4 Å². The molecule has 15 heteroatoms. The van der Waals surface area contributed by atoms with Crippen molar-refractivity contribution < 1.29 is 33.8 Å². The van der Waals surface area contributed by atoms with Crippen LogP contribution in [0.2, 0.25) is 0 Å². The molecular formula is C23H22N6O8S. The van der Waals surface area contributed by atoms with E-state index in [4.69, 9.17) is 11.5 Å². The number of nitrogens with zero attached hydrogens (tertiary/aromatic N) is 1. The first-order chi connectivity index (χ1) is 18.1. The Morgan fingerprint density at radius 3 is 2.66 bits per heavy atom. The summed E-state index contributed by atoms with van der Waals surface area (Å²) in [6, 6.07) is 4.85. The zero-order valence-electron chi connectivity index (χ0n) is 19.5. The number of carbonyl (C=O) groups is 5. The first-order valence-corrected chi connectivity index (χ1v) is 12.1. The molecule has 2 aliphatic heterocycles. The minimum Gasteiger partial charge on any atom is -0.477 e. The molecule has 0 bridgehead atoms. The van der Waals surface area contributed by atoms with E-state index < -0.39 is 59.3 Å². The molecule has 14 nitrogen and oxygen atoms in total. The number of H-pyrrole nitrogens is 1. The number of aromatic amines is 1. The van der Waals surface area contributed by atoms with Crippen LogP contribution in [0.4, 0.5) is 10.5 Å². The predicted octanol–water partition coefficient (Wildman–Crippen LogP) is -0.738. The summed E-state index contributed by atoms with van der Waals surface area (Å²) in [4.78, 5) is 77.7. The summed E-state index contributed by atoms with van der Waals surface area (Å²) < 4.78 is 4.69. The molecule has 1 fully saturated rings. The number of carboxylic acids is 1. The monoisotopic (exact) mass is 542 g/mol. The van der Waals surface area contributed by atoms with Crippen molar-refractivity contribution >= 4 is 47.2 Å². The molecule has 0 spiro atoms. The number of aromatic nitrogens is 1. The van der Waals surface area contributed by atoms with Gasteiger partial charge < -0.3 is 36.9 Å². The second-order valence-corrected chi connectivity index (χ2v) is 9.36. The number of rotatable bonds is 8. The normalized spacial score (nSPS) is 19.1. The molecule has 1 aromatic heterocycles. The summed E-state index contributed by atoms with van der Waals surface area (Å²) in [5.41, 5.74) is 10.4. The van der Waals surface area contributed by atoms with E-state index in [0.717, 1.165) is 22.7 Å². The molecule has 8 N–H and O–H groups in total. The Morgan fingerprint density at radius 2 is 2.00 bits per heavy atom. The first-order valence-electron chi connectivity index (χ1n) is 11.0. The highest BCUT2D eigenvalue weighted by molar-refractivity contribution is 8.00. The van der Waals surface area contributed by atoms with Crippen molar-refractivity contribution in [2.75, 3.05) is 18.1 Å². The van der Waals surface area contributed by atoms with Crippen molar-refractivity contribution in [2.45, 2.75) is 17.5 Å². The Morgan fingerprint density at radius 1 is 1.24 bits per heavy atom. The van der Waals surface area contributed by atoms with Gasteiger partial charge in [-0.3, -0.25) is 24.1 Å². The number of benzene rings is 1. The lowest BCUT2D eigenvalue weighted by Crippen LogP contribution is -2.71. The van der Waals surface area contributed by atoms with Gasteiger partial charge >= 0.3 is 12.1 Å². The molecule has 0 saturated carbocycles. The van der Waals surface area contributed by atoms with E-state index in [1.807, 2.05) is 0 Å². The molecule has 4 rings (SSSR count). The van der Waals surface area contributed by atoms with E-state index in [9.17, 15) is 33.9 Å². The molecule has 0 radical (unpaired) electrons. The smallest absolute Gasteiger partial charge is 0.404 e. The van der Waals surface area contributed by atoms with Crippen LogP contribution < -0.4 is 27.5 Å². The molecule has 4 amide bonds. The van der Waals surface area contributed by atoms with Crippen molar-refractivity contribution in [3.05, 3.63) is 75.3 Å². The molecule has 3 atom stereocenters. The number of primary amides is 1. The Labute approximate surface area is 218 Å². The first kappa shape index (κ1) is 26.3. The lowest BCUT2D eigenvalue weighted by Gasteiger charge is -2.49. The molecule has 2 aromatic rings. The third-order valence-corrected chi connectivity index (χ3v) is 7.13. The lowest BCUT2D eigenvalue weighted by atomic mass is 10.0. The van der Waals surface area contributed by atoms with Crippen LogP contribution in [0.3, 0.4) is 0 Å².